The lowest BCUT2D eigenvalue weighted by atomic mass is 10.1. The van der Waals surface area contributed by atoms with Crippen molar-refractivity contribution >= 4 is 70.1 Å². The lowest BCUT2D eigenvalue weighted by Gasteiger charge is -2.19. The normalized spacial score (nSPS) is 12.3. The molecule has 0 atom stereocenters. The van der Waals surface area contributed by atoms with Crippen LogP contribution in [0.15, 0.2) is 102 Å². The van der Waals surface area contributed by atoms with E-state index in [4.69, 9.17) is 32.7 Å². The van der Waals surface area contributed by atoms with Crippen LogP contribution in [0.25, 0.3) is 6.08 Å². The summed E-state index contributed by atoms with van der Waals surface area (Å²) in [5.74, 6) is 0.101. The Morgan fingerprint density at radius 2 is 1.47 bits per heavy atom. The molecule has 0 bridgehead atoms. The molecule has 11 heteroatoms. The van der Waals surface area contributed by atoms with Gasteiger partial charge in [0.15, 0.2) is 11.5 Å². The lowest BCUT2D eigenvalue weighted by molar-refractivity contribution is -0.114. The van der Waals surface area contributed by atoms with Crippen LogP contribution in [0.1, 0.15) is 15.9 Å². The van der Waals surface area contributed by atoms with Gasteiger partial charge in [0, 0.05) is 43.5 Å². The minimum atomic E-state index is -0.584. The maximum absolute atomic E-state index is 13.4. The summed E-state index contributed by atoms with van der Waals surface area (Å²) in [6.45, 7) is 0.947. The molecule has 0 saturated heterocycles. The number of benzene rings is 4. The van der Waals surface area contributed by atoms with Crippen molar-refractivity contribution in [3.8, 4) is 11.5 Å². The van der Waals surface area contributed by atoms with E-state index in [0.29, 0.717) is 57.3 Å². The molecule has 0 aliphatic carbocycles. The van der Waals surface area contributed by atoms with E-state index in [-0.39, 0.29) is 17.4 Å². The van der Waals surface area contributed by atoms with E-state index < -0.39 is 11.8 Å². The van der Waals surface area contributed by atoms with Crippen molar-refractivity contribution in [2.75, 3.05) is 29.6 Å². The molecule has 0 radical (unpaired) electrons. The SMILES string of the molecule is O=C(CSc1cccc(NC(=O)/C(=C\c2c(Cl)cccc2Cl)NC(=O)c2ccccc2)c1)Nc1ccc2c(c1)OCCO2. The first-order valence-electron chi connectivity index (χ1n) is 13.1. The molecule has 4 aromatic rings. The van der Waals surface area contributed by atoms with Gasteiger partial charge in [-0.25, -0.2) is 0 Å². The molecule has 4 aromatic carbocycles. The van der Waals surface area contributed by atoms with Gasteiger partial charge in [-0.1, -0.05) is 53.5 Å². The van der Waals surface area contributed by atoms with Crippen molar-refractivity contribution < 1.29 is 23.9 Å². The summed E-state index contributed by atoms with van der Waals surface area (Å²) in [6, 6.07) is 25.7. The number of carbonyl (C=O) groups excluding carboxylic acids is 3. The molecule has 0 unspecified atom stereocenters. The van der Waals surface area contributed by atoms with Crippen LogP contribution in [0.5, 0.6) is 11.5 Å². The van der Waals surface area contributed by atoms with Gasteiger partial charge in [-0.15, -0.1) is 11.8 Å². The van der Waals surface area contributed by atoms with E-state index in [1.165, 1.54) is 17.8 Å². The number of rotatable bonds is 9. The summed E-state index contributed by atoms with van der Waals surface area (Å²) in [5, 5.41) is 8.97. The predicted octanol–water partition coefficient (Wildman–Crippen LogP) is 6.91. The number of amides is 3. The van der Waals surface area contributed by atoms with Gasteiger partial charge in [-0.3, -0.25) is 14.4 Å². The molecule has 218 valence electrons. The minimum Gasteiger partial charge on any atom is -0.486 e. The van der Waals surface area contributed by atoms with E-state index in [1.54, 1.807) is 84.9 Å². The van der Waals surface area contributed by atoms with E-state index >= 15 is 0 Å². The smallest absolute Gasteiger partial charge is 0.272 e. The maximum Gasteiger partial charge on any atom is 0.272 e. The van der Waals surface area contributed by atoms with Gasteiger partial charge >= 0.3 is 0 Å². The number of ether oxygens (including phenoxy) is 2. The fraction of sp³-hybridized carbons (Fsp3) is 0.0938. The van der Waals surface area contributed by atoms with E-state index in [1.807, 2.05) is 6.07 Å². The zero-order valence-electron chi connectivity index (χ0n) is 22.6. The number of fused-ring (bicyclic) bond motifs is 1. The van der Waals surface area contributed by atoms with E-state index in [9.17, 15) is 14.4 Å². The third-order valence-electron chi connectivity index (χ3n) is 6.10. The van der Waals surface area contributed by atoms with Crippen LogP contribution in [0, 0.1) is 0 Å². The Morgan fingerprint density at radius 3 is 2.23 bits per heavy atom. The van der Waals surface area contributed by atoms with Crippen LogP contribution in [0.4, 0.5) is 11.4 Å². The van der Waals surface area contributed by atoms with Gasteiger partial charge in [0.25, 0.3) is 11.8 Å². The topological polar surface area (TPSA) is 106 Å². The number of thioether (sulfide) groups is 1. The fourth-order valence-corrected chi connectivity index (χ4v) is 5.33. The van der Waals surface area contributed by atoms with Gasteiger partial charge in [0.2, 0.25) is 5.91 Å². The molecule has 3 amide bonds. The first-order chi connectivity index (χ1) is 20.9. The van der Waals surface area contributed by atoms with Crippen molar-refractivity contribution in [1.29, 1.82) is 0 Å². The van der Waals surface area contributed by atoms with Crippen molar-refractivity contribution in [1.82, 2.24) is 5.32 Å². The van der Waals surface area contributed by atoms with Gasteiger partial charge in [-0.2, -0.15) is 0 Å². The van der Waals surface area contributed by atoms with Crippen LogP contribution in [0.2, 0.25) is 10.0 Å². The molecule has 0 aromatic heterocycles. The Hall–Kier alpha value is -4.44. The zero-order valence-corrected chi connectivity index (χ0v) is 24.9. The predicted molar refractivity (Wildman–Crippen MR) is 170 cm³/mol. The maximum atomic E-state index is 13.4. The molecular formula is C32H25Cl2N3O5S. The number of halogens is 2. The van der Waals surface area contributed by atoms with Crippen LogP contribution >= 0.6 is 35.0 Å². The molecule has 3 N–H and O–H groups in total. The Kier molecular flexibility index (Phi) is 9.88. The highest BCUT2D eigenvalue weighted by molar-refractivity contribution is 8.00. The lowest BCUT2D eigenvalue weighted by Crippen LogP contribution is -2.30. The Balaban J connectivity index is 1.26. The average molecular weight is 635 g/mol. The second-order valence-electron chi connectivity index (χ2n) is 9.19. The largest absolute Gasteiger partial charge is 0.486 e. The molecule has 5 rings (SSSR count). The number of nitrogens with one attached hydrogen (secondary N) is 3. The van der Waals surface area contributed by atoms with Crippen LogP contribution in [0.3, 0.4) is 0 Å². The van der Waals surface area contributed by atoms with Crippen molar-refractivity contribution in [3.63, 3.8) is 0 Å². The van der Waals surface area contributed by atoms with E-state index in [2.05, 4.69) is 16.0 Å². The molecule has 43 heavy (non-hydrogen) atoms. The third kappa shape index (κ3) is 8.10. The molecule has 1 aliphatic heterocycles. The quantitative estimate of drug-likeness (QED) is 0.137. The summed E-state index contributed by atoms with van der Waals surface area (Å²) in [6.07, 6.45) is 1.43. The van der Waals surface area contributed by atoms with E-state index in [0.717, 1.165) is 4.90 Å². The molecule has 0 saturated carbocycles. The highest BCUT2D eigenvalue weighted by Gasteiger charge is 2.17. The summed E-state index contributed by atoms with van der Waals surface area (Å²) in [5.41, 5.74) is 1.77. The number of carbonyl (C=O) groups is 3. The van der Waals surface area contributed by atoms with Gasteiger partial charge in [-0.05, 0) is 60.7 Å². The highest BCUT2D eigenvalue weighted by atomic mass is 35.5. The van der Waals surface area contributed by atoms with Gasteiger partial charge in [0.1, 0.15) is 18.9 Å². The molecule has 1 aliphatic rings. The summed E-state index contributed by atoms with van der Waals surface area (Å²) >= 11 is 14.0. The van der Waals surface area contributed by atoms with Crippen LogP contribution in [-0.2, 0) is 9.59 Å². The summed E-state index contributed by atoms with van der Waals surface area (Å²) in [7, 11) is 0. The molecule has 1 heterocycles. The summed E-state index contributed by atoms with van der Waals surface area (Å²) < 4.78 is 11.1. The molecule has 8 nitrogen and oxygen atoms in total. The number of hydrogen-bond acceptors (Lipinski definition) is 6. The van der Waals surface area contributed by atoms with Gasteiger partial charge in [0.05, 0.1) is 5.75 Å². The average Bonchev–Trinajstić information content (AvgIpc) is 3.02. The summed E-state index contributed by atoms with van der Waals surface area (Å²) in [4.78, 5) is 39.7. The van der Waals surface area contributed by atoms with Crippen molar-refractivity contribution in [2.24, 2.45) is 0 Å². The molecular weight excluding hydrogens is 609 g/mol. The van der Waals surface area contributed by atoms with Crippen LogP contribution in [-0.4, -0.2) is 36.7 Å². The second kappa shape index (κ2) is 14.2. The Labute approximate surface area is 262 Å². The standard InChI is InChI=1S/C32H25Cl2N3O5S/c33-25-10-5-11-26(34)24(25)18-27(37-31(39)20-6-2-1-3-7-20)32(40)36-21-8-4-9-23(16-21)43-19-30(38)35-22-12-13-28-29(17-22)42-15-14-41-28/h1-13,16-18H,14-15,19H2,(H,35,38)(H,36,40)(H,37,39)/b27-18+. The Morgan fingerprint density at radius 1 is 0.767 bits per heavy atom. The first-order valence-corrected chi connectivity index (χ1v) is 14.9. The third-order valence-corrected chi connectivity index (χ3v) is 7.76. The van der Waals surface area contributed by atoms with Crippen molar-refractivity contribution in [2.45, 2.75) is 4.90 Å². The highest BCUT2D eigenvalue weighted by Crippen LogP contribution is 2.33. The monoisotopic (exact) mass is 633 g/mol. The second-order valence-corrected chi connectivity index (χ2v) is 11.1. The first kappa shape index (κ1) is 30.0. The fourth-order valence-electron chi connectivity index (χ4n) is 4.06. The zero-order chi connectivity index (χ0) is 30.2. The van der Waals surface area contributed by atoms with Crippen molar-refractivity contribution in [3.05, 3.63) is 118 Å². The Bertz CT molecular complexity index is 1680. The minimum absolute atomic E-state index is 0.0549. The number of anilines is 2. The van der Waals surface area contributed by atoms with Gasteiger partial charge < -0.3 is 25.4 Å². The van der Waals surface area contributed by atoms with Crippen LogP contribution < -0.4 is 25.4 Å². The number of hydrogen-bond donors (Lipinski definition) is 3. The molecule has 0 fully saturated rings. The molecule has 0 spiro atoms.